The molecule has 0 radical (unpaired) electrons. The van der Waals surface area contributed by atoms with Gasteiger partial charge in [-0.25, -0.2) is 13.1 Å². The van der Waals surface area contributed by atoms with Crippen LogP contribution in [0.3, 0.4) is 0 Å². The van der Waals surface area contributed by atoms with Crippen molar-refractivity contribution in [3.8, 4) is 5.69 Å². The van der Waals surface area contributed by atoms with Gasteiger partial charge in [0.2, 0.25) is 10.0 Å². The first-order valence-corrected chi connectivity index (χ1v) is 11.5. The van der Waals surface area contributed by atoms with Crippen LogP contribution in [0.1, 0.15) is 42.7 Å². The predicted octanol–water partition coefficient (Wildman–Crippen LogP) is 4.66. The zero-order valence-corrected chi connectivity index (χ0v) is 18.5. The molecule has 0 bridgehead atoms. The highest BCUT2D eigenvalue weighted by atomic mass is 35.5. The third-order valence-corrected chi connectivity index (χ3v) is 5.99. The zero-order valence-electron chi connectivity index (χ0n) is 16.9. The molecule has 0 aliphatic carbocycles. The molecule has 0 spiro atoms. The summed E-state index contributed by atoms with van der Waals surface area (Å²) in [6.45, 7) is 5.54. The number of sulfonamides is 1. The Balaban J connectivity index is 1.84. The number of hydrogen-bond donors (Lipinski definition) is 2. The molecule has 158 valence electrons. The number of amides is 1. The molecule has 0 aliphatic heterocycles. The minimum atomic E-state index is -3.35. The van der Waals surface area contributed by atoms with Gasteiger partial charge in [-0.1, -0.05) is 31.5 Å². The fourth-order valence-corrected chi connectivity index (χ4v) is 3.80. The smallest absolute Gasteiger partial charge is 0.259 e. The van der Waals surface area contributed by atoms with Crippen molar-refractivity contribution >= 4 is 38.9 Å². The van der Waals surface area contributed by atoms with Crippen molar-refractivity contribution in [2.75, 3.05) is 15.8 Å². The van der Waals surface area contributed by atoms with Gasteiger partial charge in [-0.3, -0.25) is 9.52 Å². The van der Waals surface area contributed by atoms with E-state index in [-0.39, 0.29) is 17.6 Å². The minimum Gasteiger partial charge on any atom is -0.322 e. The third-order valence-electron chi connectivity index (χ3n) is 4.45. The monoisotopic (exact) mass is 446 g/mol. The Morgan fingerprint density at radius 1 is 1.13 bits per heavy atom. The molecule has 3 rings (SSSR count). The Morgan fingerprint density at radius 3 is 2.40 bits per heavy atom. The number of nitrogens with one attached hydrogen (secondary N) is 2. The first-order valence-electron chi connectivity index (χ1n) is 9.46. The van der Waals surface area contributed by atoms with Gasteiger partial charge in [0.15, 0.2) is 0 Å². The summed E-state index contributed by atoms with van der Waals surface area (Å²) in [6, 6.07) is 13.8. The number of carbonyl (C=O) groups excluding carboxylic acids is 1. The van der Waals surface area contributed by atoms with Crippen LogP contribution in [0.5, 0.6) is 0 Å². The summed E-state index contributed by atoms with van der Waals surface area (Å²) in [6.07, 6.45) is 1.54. The molecule has 0 saturated heterocycles. The van der Waals surface area contributed by atoms with Crippen molar-refractivity contribution in [1.82, 2.24) is 9.78 Å². The van der Waals surface area contributed by atoms with Crippen LogP contribution in [0.2, 0.25) is 5.02 Å². The Hall–Kier alpha value is -2.84. The van der Waals surface area contributed by atoms with Crippen LogP contribution in [0.15, 0.2) is 54.7 Å². The zero-order chi connectivity index (χ0) is 21.9. The van der Waals surface area contributed by atoms with E-state index >= 15 is 0 Å². The average Bonchev–Trinajstić information content (AvgIpc) is 3.15. The Morgan fingerprint density at radius 2 is 1.80 bits per heavy atom. The largest absolute Gasteiger partial charge is 0.322 e. The highest BCUT2D eigenvalue weighted by molar-refractivity contribution is 7.92. The maximum absolute atomic E-state index is 12.9. The molecular weight excluding hydrogens is 424 g/mol. The number of rotatable bonds is 7. The van der Waals surface area contributed by atoms with E-state index in [0.717, 1.165) is 11.4 Å². The molecule has 1 aromatic heterocycles. The molecule has 30 heavy (non-hydrogen) atoms. The van der Waals surface area contributed by atoms with Crippen molar-refractivity contribution < 1.29 is 13.2 Å². The Kier molecular flexibility index (Phi) is 6.48. The number of benzene rings is 2. The fourth-order valence-electron chi connectivity index (χ4n) is 2.97. The van der Waals surface area contributed by atoms with Gasteiger partial charge in [0.05, 0.1) is 28.9 Å². The van der Waals surface area contributed by atoms with Crippen molar-refractivity contribution in [1.29, 1.82) is 0 Å². The maximum atomic E-state index is 12.9. The fraction of sp³-hybridized carbons (Fsp3) is 0.238. The van der Waals surface area contributed by atoms with Crippen molar-refractivity contribution in [2.24, 2.45) is 0 Å². The van der Waals surface area contributed by atoms with E-state index in [2.05, 4.69) is 15.1 Å². The van der Waals surface area contributed by atoms with Crippen LogP contribution in [0.4, 0.5) is 11.4 Å². The summed E-state index contributed by atoms with van der Waals surface area (Å²) in [5.74, 6) is -0.271. The van der Waals surface area contributed by atoms with Crippen LogP contribution in [-0.4, -0.2) is 29.9 Å². The van der Waals surface area contributed by atoms with Crippen LogP contribution in [0.25, 0.3) is 5.69 Å². The molecule has 2 aromatic carbocycles. The maximum Gasteiger partial charge on any atom is 0.259 e. The number of aromatic nitrogens is 2. The summed E-state index contributed by atoms with van der Waals surface area (Å²) in [5, 5.41) is 7.82. The Bertz CT molecular complexity index is 1160. The van der Waals surface area contributed by atoms with Gasteiger partial charge in [-0.05, 0) is 55.3 Å². The standard InChI is InChI=1S/C21H23ClN4O3S/c1-4-30(28,29)25-17-10-8-16(9-11-17)24-21(27)19-13-23-26(20(19)14(2)3)18-7-5-6-15(22)12-18/h5-14,25H,4H2,1-3H3,(H,24,27). The van der Waals surface area contributed by atoms with E-state index in [1.54, 1.807) is 48.0 Å². The molecule has 1 amide bonds. The molecule has 0 fully saturated rings. The number of halogens is 1. The summed E-state index contributed by atoms with van der Waals surface area (Å²) in [7, 11) is -3.35. The van der Waals surface area contributed by atoms with Gasteiger partial charge in [0, 0.05) is 16.4 Å². The van der Waals surface area contributed by atoms with Crippen molar-refractivity contribution in [2.45, 2.75) is 26.7 Å². The number of carbonyl (C=O) groups is 1. The second kappa shape index (κ2) is 8.89. The lowest BCUT2D eigenvalue weighted by molar-refractivity contribution is 0.102. The predicted molar refractivity (Wildman–Crippen MR) is 120 cm³/mol. The molecule has 0 unspecified atom stereocenters. The summed E-state index contributed by atoms with van der Waals surface area (Å²) in [4.78, 5) is 12.9. The van der Waals surface area contributed by atoms with Gasteiger partial charge in [0.1, 0.15) is 0 Å². The van der Waals surface area contributed by atoms with Crippen LogP contribution in [0, 0.1) is 0 Å². The Labute approximate surface area is 181 Å². The lowest BCUT2D eigenvalue weighted by Gasteiger charge is -2.13. The second-order valence-corrected chi connectivity index (χ2v) is 9.47. The topological polar surface area (TPSA) is 93.1 Å². The average molecular weight is 447 g/mol. The van der Waals surface area contributed by atoms with E-state index in [1.165, 1.54) is 6.20 Å². The number of hydrogen-bond acceptors (Lipinski definition) is 4. The molecule has 3 aromatic rings. The van der Waals surface area contributed by atoms with Crippen molar-refractivity contribution in [3.63, 3.8) is 0 Å². The van der Waals surface area contributed by atoms with Crippen molar-refractivity contribution in [3.05, 3.63) is 71.0 Å². The first-order chi connectivity index (χ1) is 14.2. The molecule has 0 saturated carbocycles. The van der Waals surface area contributed by atoms with Gasteiger partial charge in [-0.15, -0.1) is 0 Å². The molecule has 1 heterocycles. The molecule has 9 heteroatoms. The summed E-state index contributed by atoms with van der Waals surface area (Å²) >= 11 is 6.10. The van der Waals surface area contributed by atoms with E-state index in [4.69, 9.17) is 11.6 Å². The summed E-state index contributed by atoms with van der Waals surface area (Å²) in [5.41, 5.74) is 2.98. The normalized spacial score (nSPS) is 11.5. The quantitative estimate of drug-likeness (QED) is 0.551. The SMILES string of the molecule is CCS(=O)(=O)Nc1ccc(NC(=O)c2cnn(-c3cccc(Cl)c3)c2C(C)C)cc1. The van der Waals surface area contributed by atoms with Gasteiger partial charge in [0.25, 0.3) is 5.91 Å². The second-order valence-electron chi connectivity index (χ2n) is 7.03. The minimum absolute atomic E-state index is 0.0138. The van der Waals surface area contributed by atoms with E-state index in [0.29, 0.717) is 22.0 Å². The molecule has 2 N–H and O–H groups in total. The first kappa shape index (κ1) is 21.9. The van der Waals surface area contributed by atoms with Crippen LogP contribution >= 0.6 is 11.6 Å². The number of anilines is 2. The third kappa shape index (κ3) is 5.01. The van der Waals surface area contributed by atoms with Crippen LogP contribution in [-0.2, 0) is 10.0 Å². The lowest BCUT2D eigenvalue weighted by Crippen LogP contribution is -2.16. The lowest BCUT2D eigenvalue weighted by atomic mass is 10.0. The number of nitrogens with zero attached hydrogens (tertiary/aromatic N) is 2. The van der Waals surface area contributed by atoms with Gasteiger partial charge in [-0.2, -0.15) is 5.10 Å². The van der Waals surface area contributed by atoms with Crippen LogP contribution < -0.4 is 10.0 Å². The van der Waals surface area contributed by atoms with E-state index < -0.39 is 10.0 Å². The van der Waals surface area contributed by atoms with E-state index in [1.807, 2.05) is 26.0 Å². The van der Waals surface area contributed by atoms with Gasteiger partial charge < -0.3 is 5.32 Å². The molecule has 0 aliphatic rings. The van der Waals surface area contributed by atoms with E-state index in [9.17, 15) is 13.2 Å². The molecular formula is C21H23ClN4O3S. The molecule has 0 atom stereocenters. The van der Waals surface area contributed by atoms with Gasteiger partial charge >= 0.3 is 0 Å². The molecule has 7 nitrogen and oxygen atoms in total. The highest BCUT2D eigenvalue weighted by Crippen LogP contribution is 2.25. The highest BCUT2D eigenvalue weighted by Gasteiger charge is 2.21. The summed E-state index contributed by atoms with van der Waals surface area (Å²) < 4.78 is 27.5.